The van der Waals surface area contributed by atoms with Gasteiger partial charge in [0, 0.05) is 47.6 Å². The molecule has 0 saturated carbocycles. The summed E-state index contributed by atoms with van der Waals surface area (Å²) in [7, 11) is 0.823. The quantitative estimate of drug-likeness (QED) is 0.0581. The summed E-state index contributed by atoms with van der Waals surface area (Å²) in [5.74, 6) is 11.6. The molecule has 2 aliphatic rings. The number of methoxy groups -OCH3 is 2. The normalized spacial score (nSPS) is 14.9. The SMILES string of the molecule is CCC(CC)(c1ccc(C#CC2(O)CCOCC2)c(C)c1)c1ccc(-c2ccc(CC(=O)OC)c(F)c2)c(C)c1.CCC(CC)(c1ccc(C#CC2(O[Si](C)(C)C)CCOCC2)c(C)c1)c1ccc(-c2ccc(CC(=O)OC)c(F)c2)c(C)c1. The second kappa shape index (κ2) is 28.0. The van der Waals surface area contributed by atoms with E-state index in [1.165, 1.54) is 48.6 Å². The van der Waals surface area contributed by atoms with Crippen molar-refractivity contribution in [2.45, 2.75) is 161 Å². The third-order valence-corrected chi connectivity index (χ3v) is 18.4. The van der Waals surface area contributed by atoms with Gasteiger partial charge in [-0.15, -0.1) is 0 Å². The fraction of sp³-hybridized carbons (Fsp3) is 0.425. The Balaban J connectivity index is 0.000000242. The van der Waals surface area contributed by atoms with Crippen LogP contribution < -0.4 is 0 Å². The standard InChI is InChI=1S/C38H47FO4Si.C35H39FO4/c1-9-38(10-2,33-15-16-34(28(4)24-33)30-11-12-31(35(39)25-30)26-36(40)41-5)32-14-13-29(27(3)23-32)17-18-37(43-44(6,7)8)19-21-42-22-20-37;1-6-35(7-2,29-11-10-26(24(3)20-29)14-15-34(38)16-18-40-19-17-34)30-12-13-31(25(4)21-30)27-8-9-28(32(36)22-27)23-33(37)39-5/h11-16,23-25H,9-10,19-22,26H2,1-8H3;8-13,20-22,38H,6-7,16-19,23H2,1-5H3. The Morgan fingerprint density at radius 2 is 0.905 bits per heavy atom. The summed E-state index contributed by atoms with van der Waals surface area (Å²) in [6.07, 6.45) is 6.22. The van der Waals surface area contributed by atoms with Crippen molar-refractivity contribution in [1.82, 2.24) is 0 Å². The Morgan fingerprint density at radius 3 is 1.25 bits per heavy atom. The number of hydrogen-bond acceptors (Lipinski definition) is 8. The first-order valence-corrected chi connectivity index (χ1v) is 33.2. The maximum Gasteiger partial charge on any atom is 0.310 e. The third kappa shape index (κ3) is 15.2. The molecule has 84 heavy (non-hydrogen) atoms. The van der Waals surface area contributed by atoms with Crippen molar-refractivity contribution in [1.29, 1.82) is 0 Å². The lowest BCUT2D eigenvalue weighted by Gasteiger charge is -2.38. The zero-order valence-corrected chi connectivity index (χ0v) is 52.9. The van der Waals surface area contributed by atoms with Gasteiger partial charge in [0.15, 0.2) is 8.32 Å². The van der Waals surface area contributed by atoms with Crippen LogP contribution in [0.2, 0.25) is 19.6 Å². The average Bonchev–Trinajstić information content (AvgIpc) is 1.79. The fourth-order valence-electron chi connectivity index (χ4n) is 12.2. The van der Waals surface area contributed by atoms with Crippen molar-refractivity contribution in [3.8, 4) is 45.9 Å². The highest BCUT2D eigenvalue weighted by Gasteiger charge is 2.37. The molecule has 8 nitrogen and oxygen atoms in total. The number of carbonyl (C=O) groups excluding carboxylic acids is 2. The van der Waals surface area contributed by atoms with Crippen molar-refractivity contribution < 1.29 is 46.8 Å². The minimum atomic E-state index is -1.79. The zero-order valence-electron chi connectivity index (χ0n) is 51.9. The minimum absolute atomic E-state index is 0.0814. The van der Waals surface area contributed by atoms with E-state index < -0.39 is 43.1 Å². The molecule has 2 fully saturated rings. The van der Waals surface area contributed by atoms with Crippen LogP contribution in [0.1, 0.15) is 146 Å². The highest BCUT2D eigenvalue weighted by molar-refractivity contribution is 6.69. The fourth-order valence-corrected chi connectivity index (χ4v) is 13.6. The van der Waals surface area contributed by atoms with Gasteiger partial charge in [-0.25, -0.2) is 8.78 Å². The van der Waals surface area contributed by atoms with Crippen molar-refractivity contribution in [3.05, 3.63) is 188 Å². The van der Waals surface area contributed by atoms with E-state index in [2.05, 4.69) is 176 Å². The van der Waals surface area contributed by atoms with E-state index in [4.69, 9.17) is 18.6 Å². The van der Waals surface area contributed by atoms with Crippen LogP contribution in [0.3, 0.4) is 0 Å². The molecule has 2 saturated heterocycles. The lowest BCUT2D eigenvalue weighted by molar-refractivity contribution is -0.140. The molecule has 0 atom stereocenters. The molecule has 444 valence electrons. The van der Waals surface area contributed by atoms with E-state index in [-0.39, 0.29) is 23.7 Å². The lowest BCUT2D eigenvalue weighted by atomic mass is 9.69. The largest absolute Gasteiger partial charge is 0.469 e. The molecule has 0 radical (unpaired) electrons. The van der Waals surface area contributed by atoms with Gasteiger partial charge in [-0.1, -0.05) is 136 Å². The molecule has 8 rings (SSSR count). The molecule has 0 spiro atoms. The zero-order chi connectivity index (χ0) is 61.0. The number of ether oxygens (including phenoxy) is 4. The van der Waals surface area contributed by atoms with Gasteiger partial charge < -0.3 is 28.5 Å². The number of hydrogen-bond donors (Lipinski definition) is 1. The Kier molecular flexibility index (Phi) is 21.6. The summed E-state index contributed by atoms with van der Waals surface area (Å²) in [6.45, 7) is 26.4. The first kappa shape index (κ1) is 64.9. The van der Waals surface area contributed by atoms with Crippen molar-refractivity contribution >= 4 is 20.3 Å². The van der Waals surface area contributed by atoms with Crippen molar-refractivity contribution in [2.75, 3.05) is 40.6 Å². The minimum Gasteiger partial charge on any atom is -0.469 e. The van der Waals surface area contributed by atoms with Crippen LogP contribution >= 0.6 is 0 Å². The molecule has 0 amide bonds. The Morgan fingerprint density at radius 1 is 0.536 bits per heavy atom. The predicted molar refractivity (Wildman–Crippen MR) is 336 cm³/mol. The molecule has 0 aromatic heterocycles. The summed E-state index contributed by atoms with van der Waals surface area (Å²) in [5.41, 5.74) is 13.7. The molecule has 0 aliphatic carbocycles. The maximum absolute atomic E-state index is 14.9. The van der Waals surface area contributed by atoms with Crippen molar-refractivity contribution in [3.63, 3.8) is 0 Å². The summed E-state index contributed by atoms with van der Waals surface area (Å²) in [6, 6.07) is 36.2. The molecule has 0 bridgehead atoms. The van der Waals surface area contributed by atoms with Gasteiger partial charge in [0.1, 0.15) is 22.8 Å². The monoisotopic (exact) mass is 1160 g/mol. The van der Waals surface area contributed by atoms with Crippen LogP contribution in [0.15, 0.2) is 109 Å². The topological polar surface area (TPSA) is 101 Å². The molecule has 2 heterocycles. The van der Waals surface area contributed by atoms with Crippen LogP contribution in [0, 0.1) is 63.0 Å². The van der Waals surface area contributed by atoms with Crippen LogP contribution in [-0.4, -0.2) is 77.2 Å². The molecule has 6 aromatic rings. The van der Waals surface area contributed by atoms with E-state index in [1.807, 2.05) is 12.1 Å². The lowest BCUT2D eigenvalue weighted by Crippen LogP contribution is -2.45. The van der Waals surface area contributed by atoms with E-state index in [0.717, 1.165) is 94.2 Å². The van der Waals surface area contributed by atoms with Crippen molar-refractivity contribution in [2.24, 2.45) is 0 Å². The van der Waals surface area contributed by atoms with Gasteiger partial charge in [-0.05, 0) is 175 Å². The van der Waals surface area contributed by atoms with Gasteiger partial charge in [-0.3, -0.25) is 9.59 Å². The summed E-state index contributed by atoms with van der Waals surface area (Å²) < 4.78 is 56.6. The Hall–Kier alpha value is -6.70. The predicted octanol–water partition coefficient (Wildman–Crippen LogP) is 15.5. The average molecular weight is 1160 g/mol. The van der Waals surface area contributed by atoms with E-state index in [9.17, 15) is 23.5 Å². The van der Waals surface area contributed by atoms with Crippen LogP contribution in [0.4, 0.5) is 8.78 Å². The van der Waals surface area contributed by atoms with E-state index >= 15 is 0 Å². The van der Waals surface area contributed by atoms with Gasteiger partial charge in [0.05, 0.1) is 53.5 Å². The van der Waals surface area contributed by atoms with Gasteiger partial charge in [0.25, 0.3) is 0 Å². The number of carbonyl (C=O) groups is 2. The van der Waals surface area contributed by atoms with Gasteiger partial charge in [0.2, 0.25) is 0 Å². The molecular weight excluding hydrogens is 1070 g/mol. The molecule has 6 aromatic carbocycles. The van der Waals surface area contributed by atoms with Crippen LogP contribution in [0.25, 0.3) is 22.3 Å². The number of benzene rings is 6. The highest BCUT2D eigenvalue weighted by atomic mass is 28.4. The molecule has 11 heteroatoms. The molecule has 2 aliphatic heterocycles. The smallest absolute Gasteiger partial charge is 0.310 e. The Bertz CT molecular complexity index is 3440. The summed E-state index contributed by atoms with van der Waals surface area (Å²) in [5, 5.41) is 10.7. The van der Waals surface area contributed by atoms with E-state index in [0.29, 0.717) is 50.4 Å². The second-order valence-corrected chi connectivity index (χ2v) is 28.2. The molecule has 0 unspecified atom stereocenters. The first-order valence-electron chi connectivity index (χ1n) is 29.8. The van der Waals surface area contributed by atoms with Crippen LogP contribution in [-0.2, 0) is 56.6 Å². The molecule has 1 N–H and O–H groups in total. The number of halogens is 2. The van der Waals surface area contributed by atoms with Crippen LogP contribution in [0.5, 0.6) is 0 Å². The summed E-state index contributed by atoms with van der Waals surface area (Å²) >= 11 is 0. The number of esters is 2. The second-order valence-electron chi connectivity index (χ2n) is 23.8. The third-order valence-electron chi connectivity index (χ3n) is 17.4. The summed E-state index contributed by atoms with van der Waals surface area (Å²) in [4.78, 5) is 23.2. The van der Waals surface area contributed by atoms with Gasteiger partial charge >= 0.3 is 11.9 Å². The Labute approximate surface area is 500 Å². The highest BCUT2D eigenvalue weighted by Crippen LogP contribution is 2.43. The maximum atomic E-state index is 14.9. The number of aliphatic hydroxyl groups is 1. The molecular formula is C73H86F2O8Si. The van der Waals surface area contributed by atoms with Gasteiger partial charge in [-0.2, -0.15) is 0 Å². The van der Waals surface area contributed by atoms with E-state index in [1.54, 1.807) is 12.1 Å². The number of rotatable bonds is 16. The number of aryl methyl sites for hydroxylation is 4. The first-order chi connectivity index (χ1) is 40.0.